The van der Waals surface area contributed by atoms with E-state index in [1.165, 1.54) is 38.5 Å². The van der Waals surface area contributed by atoms with Crippen molar-refractivity contribution < 1.29 is 0 Å². The van der Waals surface area contributed by atoms with Gasteiger partial charge in [-0.3, -0.25) is 0 Å². The summed E-state index contributed by atoms with van der Waals surface area (Å²) in [4.78, 5) is 0. The molecule has 2 aliphatic rings. The lowest BCUT2D eigenvalue weighted by Crippen LogP contribution is -2.32. The van der Waals surface area contributed by atoms with Crippen molar-refractivity contribution >= 4 is 0 Å². The summed E-state index contributed by atoms with van der Waals surface area (Å²) < 4.78 is 0. The van der Waals surface area contributed by atoms with E-state index in [0.29, 0.717) is 0 Å². The third-order valence-corrected chi connectivity index (χ3v) is 5.07. The Morgan fingerprint density at radius 1 is 1.00 bits per heavy atom. The maximum atomic E-state index is 3.49. The van der Waals surface area contributed by atoms with Gasteiger partial charge in [0.05, 0.1) is 0 Å². The van der Waals surface area contributed by atoms with Crippen molar-refractivity contribution in [3.05, 3.63) is 0 Å². The van der Waals surface area contributed by atoms with Gasteiger partial charge in [-0.25, -0.2) is 0 Å². The van der Waals surface area contributed by atoms with Gasteiger partial charge in [-0.05, 0) is 50.0 Å². The topological polar surface area (TPSA) is 12.0 Å². The Bertz CT molecular complexity index is 202. The van der Waals surface area contributed by atoms with Gasteiger partial charge in [-0.15, -0.1) is 0 Å². The fourth-order valence-corrected chi connectivity index (χ4v) is 4.14. The van der Waals surface area contributed by atoms with E-state index in [9.17, 15) is 0 Å². The van der Waals surface area contributed by atoms with E-state index in [4.69, 9.17) is 0 Å². The van der Waals surface area contributed by atoms with E-state index in [1.807, 2.05) is 0 Å². The summed E-state index contributed by atoms with van der Waals surface area (Å²) in [7, 11) is 2.13. The third-order valence-electron chi connectivity index (χ3n) is 5.07. The second-order valence-corrected chi connectivity index (χ2v) is 6.03. The molecule has 5 unspecified atom stereocenters. The van der Waals surface area contributed by atoms with Crippen molar-refractivity contribution in [3.8, 4) is 0 Å². The molecule has 1 N–H and O–H groups in total. The summed E-state index contributed by atoms with van der Waals surface area (Å²) in [5, 5.41) is 3.49. The van der Waals surface area contributed by atoms with Crippen molar-refractivity contribution in [1.82, 2.24) is 5.32 Å². The van der Waals surface area contributed by atoms with Crippen LogP contribution in [0, 0.1) is 23.7 Å². The van der Waals surface area contributed by atoms with Crippen LogP contribution in [0.2, 0.25) is 0 Å². The van der Waals surface area contributed by atoms with E-state index < -0.39 is 0 Å². The van der Waals surface area contributed by atoms with Crippen LogP contribution in [0.4, 0.5) is 0 Å². The molecule has 5 atom stereocenters. The Labute approximate surface area is 95.0 Å². The fraction of sp³-hybridized carbons (Fsp3) is 1.00. The Morgan fingerprint density at radius 2 is 1.80 bits per heavy atom. The zero-order valence-electron chi connectivity index (χ0n) is 10.6. The van der Waals surface area contributed by atoms with E-state index in [0.717, 1.165) is 29.7 Å². The number of rotatable bonds is 2. The first-order valence-corrected chi connectivity index (χ1v) is 6.89. The Morgan fingerprint density at radius 3 is 2.40 bits per heavy atom. The average molecular weight is 209 g/mol. The molecule has 2 saturated carbocycles. The van der Waals surface area contributed by atoms with Crippen molar-refractivity contribution in [3.63, 3.8) is 0 Å². The van der Waals surface area contributed by atoms with Crippen LogP contribution in [0.1, 0.15) is 52.4 Å². The van der Waals surface area contributed by atoms with Gasteiger partial charge in [-0.1, -0.05) is 33.1 Å². The smallest absolute Gasteiger partial charge is 0.00925 e. The maximum Gasteiger partial charge on any atom is 0.00925 e. The minimum absolute atomic E-state index is 0.798. The molecule has 0 aromatic heterocycles. The van der Waals surface area contributed by atoms with Crippen LogP contribution in [0.15, 0.2) is 0 Å². The van der Waals surface area contributed by atoms with Crippen LogP contribution in [0.25, 0.3) is 0 Å². The number of hydrogen-bond donors (Lipinski definition) is 1. The molecule has 2 fully saturated rings. The van der Waals surface area contributed by atoms with Crippen LogP contribution >= 0.6 is 0 Å². The summed E-state index contributed by atoms with van der Waals surface area (Å²) in [5.41, 5.74) is 0. The highest BCUT2D eigenvalue weighted by Gasteiger charge is 2.37. The van der Waals surface area contributed by atoms with E-state index in [2.05, 4.69) is 26.2 Å². The van der Waals surface area contributed by atoms with Crippen molar-refractivity contribution in [2.45, 2.75) is 58.4 Å². The highest BCUT2D eigenvalue weighted by molar-refractivity contribution is 4.91. The summed E-state index contributed by atoms with van der Waals surface area (Å²) in [6.07, 6.45) is 8.87. The molecule has 2 aliphatic carbocycles. The van der Waals surface area contributed by atoms with Gasteiger partial charge < -0.3 is 5.32 Å². The zero-order chi connectivity index (χ0) is 10.8. The van der Waals surface area contributed by atoms with Crippen molar-refractivity contribution in [2.24, 2.45) is 23.7 Å². The van der Waals surface area contributed by atoms with Crippen LogP contribution in [-0.2, 0) is 0 Å². The molecule has 0 heterocycles. The van der Waals surface area contributed by atoms with Gasteiger partial charge in [0.25, 0.3) is 0 Å². The molecule has 2 rings (SSSR count). The summed E-state index contributed by atoms with van der Waals surface area (Å²) in [5.74, 6) is 3.96. The minimum atomic E-state index is 0.798. The van der Waals surface area contributed by atoms with Gasteiger partial charge >= 0.3 is 0 Å². The average Bonchev–Trinajstić information content (AvgIpc) is 2.59. The Balaban J connectivity index is 1.93. The van der Waals surface area contributed by atoms with Gasteiger partial charge in [0, 0.05) is 6.04 Å². The first-order valence-electron chi connectivity index (χ1n) is 6.89. The van der Waals surface area contributed by atoms with Crippen LogP contribution in [-0.4, -0.2) is 13.1 Å². The first kappa shape index (κ1) is 11.4. The van der Waals surface area contributed by atoms with E-state index in [-0.39, 0.29) is 0 Å². The first-order chi connectivity index (χ1) is 7.22. The number of nitrogens with one attached hydrogen (secondary N) is 1. The maximum absolute atomic E-state index is 3.49. The van der Waals surface area contributed by atoms with E-state index in [1.54, 1.807) is 0 Å². The predicted molar refractivity (Wildman–Crippen MR) is 65.9 cm³/mol. The molecule has 88 valence electrons. The number of hydrogen-bond acceptors (Lipinski definition) is 1. The summed E-state index contributed by atoms with van der Waals surface area (Å²) in [6.45, 7) is 4.92. The highest BCUT2D eigenvalue weighted by Crippen LogP contribution is 2.43. The molecule has 1 heteroatoms. The predicted octanol–water partition coefficient (Wildman–Crippen LogP) is 3.45. The molecule has 0 radical (unpaired) electrons. The van der Waals surface area contributed by atoms with E-state index >= 15 is 0 Å². The minimum Gasteiger partial charge on any atom is -0.317 e. The van der Waals surface area contributed by atoms with Gasteiger partial charge in [0.15, 0.2) is 0 Å². The highest BCUT2D eigenvalue weighted by atomic mass is 14.9. The quantitative estimate of drug-likeness (QED) is 0.734. The van der Waals surface area contributed by atoms with Crippen LogP contribution < -0.4 is 5.32 Å². The molecule has 0 amide bonds. The molecular formula is C14H27N. The second-order valence-electron chi connectivity index (χ2n) is 6.03. The van der Waals surface area contributed by atoms with Crippen LogP contribution in [0.3, 0.4) is 0 Å². The van der Waals surface area contributed by atoms with Crippen LogP contribution in [0.5, 0.6) is 0 Å². The molecule has 15 heavy (non-hydrogen) atoms. The van der Waals surface area contributed by atoms with Crippen molar-refractivity contribution in [1.29, 1.82) is 0 Å². The lowest BCUT2D eigenvalue weighted by molar-refractivity contribution is 0.170. The molecule has 0 bridgehead atoms. The molecule has 0 saturated heterocycles. The largest absolute Gasteiger partial charge is 0.317 e. The third kappa shape index (κ3) is 2.38. The molecule has 1 nitrogen and oxygen atoms in total. The lowest BCUT2D eigenvalue weighted by Gasteiger charge is -2.34. The zero-order valence-corrected chi connectivity index (χ0v) is 10.6. The van der Waals surface area contributed by atoms with Crippen molar-refractivity contribution in [2.75, 3.05) is 7.05 Å². The standard InChI is InChI=1S/C14H27N/c1-10-5-4-6-12(9-10)13-7-8-14(15-3)11(13)2/h10-15H,4-9H2,1-3H3. The normalized spacial score (nSPS) is 47.0. The SMILES string of the molecule is CNC1CCC(C2CCCC(C)C2)C1C. The summed E-state index contributed by atoms with van der Waals surface area (Å²) >= 11 is 0. The fourth-order valence-electron chi connectivity index (χ4n) is 4.14. The lowest BCUT2D eigenvalue weighted by atomic mass is 9.72. The summed E-state index contributed by atoms with van der Waals surface area (Å²) in [6, 6.07) is 0.798. The van der Waals surface area contributed by atoms with Gasteiger partial charge in [0.1, 0.15) is 0 Å². The van der Waals surface area contributed by atoms with Gasteiger partial charge in [-0.2, -0.15) is 0 Å². The molecule has 0 aromatic rings. The molecule has 0 spiro atoms. The molecule has 0 aliphatic heterocycles. The Hall–Kier alpha value is -0.0400. The van der Waals surface area contributed by atoms with Gasteiger partial charge in [0.2, 0.25) is 0 Å². The molecular weight excluding hydrogens is 182 g/mol. The molecule has 0 aromatic carbocycles. The Kier molecular flexibility index (Phi) is 3.71. The second kappa shape index (κ2) is 4.86. The monoisotopic (exact) mass is 209 g/mol.